The van der Waals surface area contributed by atoms with Crippen molar-refractivity contribution in [3.8, 4) is 5.82 Å². The lowest BCUT2D eigenvalue weighted by Gasteiger charge is -2.25. The molecule has 2 rings (SSSR count). The Hall–Kier alpha value is -2.77. The first kappa shape index (κ1) is 15.6. The number of carboxylic acids is 1. The van der Waals surface area contributed by atoms with Crippen LogP contribution >= 0.6 is 0 Å². The molecule has 0 aliphatic rings. The van der Waals surface area contributed by atoms with Crippen molar-refractivity contribution in [2.45, 2.75) is 20.8 Å². The number of pyridine rings is 1. The normalized spacial score (nSPS) is 12.7. The van der Waals surface area contributed by atoms with E-state index in [1.165, 1.54) is 23.5 Å². The summed E-state index contributed by atoms with van der Waals surface area (Å²) in [6.07, 6.45) is 4.33. The van der Waals surface area contributed by atoms with Crippen molar-refractivity contribution in [2.75, 3.05) is 5.32 Å². The quantitative estimate of drug-likeness (QED) is 0.825. The van der Waals surface area contributed by atoms with Crippen molar-refractivity contribution in [1.29, 1.82) is 0 Å². The molecule has 116 valence electrons. The highest BCUT2D eigenvalue weighted by molar-refractivity contribution is 6.04. The summed E-state index contributed by atoms with van der Waals surface area (Å²) >= 11 is 0. The molecule has 2 N–H and O–H groups in total. The van der Waals surface area contributed by atoms with Crippen LogP contribution in [0.1, 0.15) is 20.8 Å². The lowest BCUT2D eigenvalue weighted by molar-refractivity contribution is -0.149. The van der Waals surface area contributed by atoms with Gasteiger partial charge in [-0.2, -0.15) is 5.10 Å². The Bertz CT molecular complexity index is 659. The fourth-order valence-corrected chi connectivity index (χ4v) is 2.01. The number of nitrogens with zero attached hydrogens (tertiary/aromatic N) is 4. The largest absolute Gasteiger partial charge is 0.481 e. The fraction of sp³-hybridized carbons (Fsp3) is 0.357. The number of aromatic nitrogens is 4. The van der Waals surface area contributed by atoms with E-state index in [2.05, 4.69) is 20.4 Å². The minimum atomic E-state index is -1.16. The summed E-state index contributed by atoms with van der Waals surface area (Å²) in [5.74, 6) is -2.34. The van der Waals surface area contributed by atoms with Gasteiger partial charge in [-0.15, -0.1) is 0 Å². The lowest BCUT2D eigenvalue weighted by Crippen LogP contribution is -2.39. The Morgan fingerprint density at radius 1 is 1.32 bits per heavy atom. The first-order valence-electron chi connectivity index (χ1n) is 6.64. The monoisotopic (exact) mass is 303 g/mol. The van der Waals surface area contributed by atoms with Crippen LogP contribution < -0.4 is 5.32 Å². The molecule has 1 atom stereocenters. The zero-order valence-electron chi connectivity index (χ0n) is 12.5. The molecule has 0 aliphatic heterocycles. The third kappa shape index (κ3) is 3.46. The third-order valence-corrected chi connectivity index (χ3v) is 3.04. The number of hydrogen-bond acceptors (Lipinski definition) is 5. The maximum absolute atomic E-state index is 12.2. The summed E-state index contributed by atoms with van der Waals surface area (Å²) in [5, 5.41) is 15.7. The third-order valence-electron chi connectivity index (χ3n) is 3.04. The molecule has 2 heterocycles. The number of nitrogens with one attached hydrogen (secondary N) is 1. The summed E-state index contributed by atoms with van der Waals surface area (Å²) in [6, 6.07) is 3.28. The average Bonchev–Trinajstić information content (AvgIpc) is 2.91. The van der Waals surface area contributed by atoms with Crippen molar-refractivity contribution in [1.82, 2.24) is 19.7 Å². The highest BCUT2D eigenvalue weighted by Gasteiger charge is 2.37. The molecule has 8 nitrogen and oxygen atoms in total. The zero-order chi connectivity index (χ0) is 16.3. The van der Waals surface area contributed by atoms with Gasteiger partial charge in [0.25, 0.3) is 0 Å². The molecule has 0 bridgehead atoms. The molecule has 1 amide bonds. The second-order valence-corrected chi connectivity index (χ2v) is 5.87. The molecule has 22 heavy (non-hydrogen) atoms. The Balaban J connectivity index is 2.13. The standard InChI is InChI=1S/C14H17N5O3/c1-14(2,3)11(13(21)22)12(20)18-9-4-5-10(16-6-9)19-8-15-7-17-19/h4-8,11H,1-3H3,(H,18,20)(H,21,22). The summed E-state index contributed by atoms with van der Waals surface area (Å²) in [4.78, 5) is 31.4. The van der Waals surface area contributed by atoms with E-state index in [1.54, 1.807) is 32.9 Å². The predicted octanol–water partition coefficient (Wildman–Crippen LogP) is 1.35. The highest BCUT2D eigenvalue weighted by atomic mass is 16.4. The van der Waals surface area contributed by atoms with Crippen LogP contribution in [0.4, 0.5) is 5.69 Å². The maximum Gasteiger partial charge on any atom is 0.316 e. The molecular formula is C14H17N5O3. The number of carbonyl (C=O) groups is 2. The van der Waals surface area contributed by atoms with Crippen LogP contribution in [0, 0.1) is 11.3 Å². The van der Waals surface area contributed by atoms with Crippen molar-refractivity contribution in [3.05, 3.63) is 31.0 Å². The average molecular weight is 303 g/mol. The molecule has 0 radical (unpaired) electrons. The summed E-state index contributed by atoms with van der Waals surface area (Å²) < 4.78 is 1.47. The van der Waals surface area contributed by atoms with Crippen LogP contribution in [0.2, 0.25) is 0 Å². The smallest absolute Gasteiger partial charge is 0.316 e. The van der Waals surface area contributed by atoms with Gasteiger partial charge in [-0.1, -0.05) is 20.8 Å². The van der Waals surface area contributed by atoms with E-state index >= 15 is 0 Å². The first-order chi connectivity index (χ1) is 10.3. The Kier molecular flexibility index (Phi) is 4.20. The second kappa shape index (κ2) is 5.92. The van der Waals surface area contributed by atoms with Crippen LogP contribution in [0.15, 0.2) is 31.0 Å². The second-order valence-electron chi connectivity index (χ2n) is 5.87. The number of hydrogen-bond donors (Lipinski definition) is 2. The summed E-state index contributed by atoms with van der Waals surface area (Å²) in [7, 11) is 0. The van der Waals surface area contributed by atoms with Gasteiger partial charge in [0, 0.05) is 0 Å². The van der Waals surface area contributed by atoms with Crippen molar-refractivity contribution >= 4 is 17.6 Å². The predicted molar refractivity (Wildman–Crippen MR) is 78.4 cm³/mol. The minimum Gasteiger partial charge on any atom is -0.481 e. The number of carboxylic acid groups (broad SMARTS) is 1. The van der Waals surface area contributed by atoms with E-state index < -0.39 is 23.2 Å². The van der Waals surface area contributed by atoms with Gasteiger partial charge in [0.1, 0.15) is 18.6 Å². The van der Waals surface area contributed by atoms with Crippen molar-refractivity contribution < 1.29 is 14.7 Å². The van der Waals surface area contributed by atoms with Crippen molar-refractivity contribution in [2.24, 2.45) is 11.3 Å². The van der Waals surface area contributed by atoms with Gasteiger partial charge < -0.3 is 10.4 Å². The first-order valence-corrected chi connectivity index (χ1v) is 6.64. The van der Waals surface area contributed by atoms with E-state index in [9.17, 15) is 14.7 Å². The number of rotatable bonds is 4. The Labute approximate surface area is 127 Å². The molecule has 2 aromatic heterocycles. The van der Waals surface area contributed by atoms with E-state index in [-0.39, 0.29) is 0 Å². The summed E-state index contributed by atoms with van der Waals surface area (Å²) in [5.41, 5.74) is -0.270. The molecule has 0 saturated heterocycles. The van der Waals surface area contributed by atoms with Crippen LogP contribution in [0.3, 0.4) is 0 Å². The molecule has 1 unspecified atom stereocenters. The van der Waals surface area contributed by atoms with Gasteiger partial charge >= 0.3 is 5.97 Å². The SMILES string of the molecule is CC(C)(C)C(C(=O)O)C(=O)Nc1ccc(-n2cncn2)nc1. The topological polar surface area (TPSA) is 110 Å². The maximum atomic E-state index is 12.2. The van der Waals surface area contributed by atoms with Crippen LogP contribution in [-0.2, 0) is 9.59 Å². The number of aliphatic carboxylic acids is 1. The Morgan fingerprint density at radius 3 is 2.50 bits per heavy atom. The molecule has 0 spiro atoms. The van der Waals surface area contributed by atoms with E-state index in [0.29, 0.717) is 11.5 Å². The van der Waals surface area contributed by atoms with Gasteiger partial charge in [-0.05, 0) is 17.5 Å². The molecule has 0 saturated carbocycles. The molecule has 0 fully saturated rings. The van der Waals surface area contributed by atoms with Gasteiger partial charge in [-0.3, -0.25) is 9.59 Å². The van der Waals surface area contributed by atoms with Gasteiger partial charge in [0.05, 0.1) is 11.9 Å². The molecule has 2 aromatic rings. The van der Waals surface area contributed by atoms with Gasteiger partial charge in [0.15, 0.2) is 5.82 Å². The summed E-state index contributed by atoms with van der Waals surface area (Å²) in [6.45, 7) is 5.12. The highest BCUT2D eigenvalue weighted by Crippen LogP contribution is 2.27. The van der Waals surface area contributed by atoms with E-state index in [0.717, 1.165) is 0 Å². The van der Waals surface area contributed by atoms with Crippen LogP contribution in [0.25, 0.3) is 5.82 Å². The van der Waals surface area contributed by atoms with Crippen LogP contribution in [0.5, 0.6) is 0 Å². The van der Waals surface area contributed by atoms with E-state index in [4.69, 9.17) is 0 Å². The van der Waals surface area contributed by atoms with Crippen molar-refractivity contribution in [3.63, 3.8) is 0 Å². The van der Waals surface area contributed by atoms with Crippen LogP contribution in [-0.4, -0.2) is 36.7 Å². The molecule has 0 aliphatic carbocycles. The Morgan fingerprint density at radius 2 is 2.05 bits per heavy atom. The molecule has 8 heteroatoms. The number of anilines is 1. The zero-order valence-corrected chi connectivity index (χ0v) is 12.5. The fourth-order valence-electron chi connectivity index (χ4n) is 2.01. The number of amides is 1. The number of carbonyl (C=O) groups excluding carboxylic acids is 1. The van der Waals surface area contributed by atoms with Gasteiger partial charge in [0.2, 0.25) is 5.91 Å². The van der Waals surface area contributed by atoms with E-state index in [1.807, 2.05) is 0 Å². The molecular weight excluding hydrogens is 286 g/mol. The molecule has 0 aromatic carbocycles. The lowest BCUT2D eigenvalue weighted by atomic mass is 9.80. The van der Waals surface area contributed by atoms with Gasteiger partial charge in [-0.25, -0.2) is 14.6 Å². The minimum absolute atomic E-state index is 0.421.